The lowest BCUT2D eigenvalue weighted by molar-refractivity contribution is 0.364. The van der Waals surface area contributed by atoms with E-state index in [1.165, 1.54) is 0 Å². The molecule has 6 nitrogen and oxygen atoms in total. The fourth-order valence-electron chi connectivity index (χ4n) is 2.59. The number of para-hydroxylation sites is 3. The number of nitrogens with one attached hydrogen (secondary N) is 1. The molecule has 1 N–H and O–H groups in total. The first-order valence-corrected chi connectivity index (χ1v) is 9.78. The molecule has 3 aromatic rings. The number of hydrogen-bond donors (Lipinski definition) is 1. The highest BCUT2D eigenvalue weighted by Crippen LogP contribution is 2.28. The van der Waals surface area contributed by atoms with Crippen LogP contribution in [0.4, 0.5) is 11.4 Å². The fraction of sp³-hybridized carbons (Fsp3) is 0.0800. The van der Waals surface area contributed by atoms with Crippen molar-refractivity contribution >= 4 is 17.2 Å². The second kappa shape index (κ2) is 11.7. The summed E-state index contributed by atoms with van der Waals surface area (Å²) < 4.78 is 11.3. The fourth-order valence-corrected chi connectivity index (χ4v) is 2.59. The average Bonchev–Trinajstić information content (AvgIpc) is 2.83. The van der Waals surface area contributed by atoms with Crippen LogP contribution in [-0.2, 0) is 0 Å². The van der Waals surface area contributed by atoms with Crippen molar-refractivity contribution in [3.05, 3.63) is 110 Å². The van der Waals surface area contributed by atoms with Crippen molar-refractivity contribution in [2.24, 2.45) is 15.3 Å². The number of ether oxygens (including phenoxy) is 2. The minimum Gasteiger partial charge on any atom is -0.487 e. The van der Waals surface area contributed by atoms with E-state index in [9.17, 15) is 0 Å². The number of benzene rings is 3. The topological polar surface area (TPSA) is 67.6 Å². The summed E-state index contributed by atoms with van der Waals surface area (Å²) in [5.41, 5.74) is 5.16. The zero-order valence-electron chi connectivity index (χ0n) is 17.1. The number of rotatable bonds is 10. The zero-order chi connectivity index (χ0) is 21.7. The Kier molecular flexibility index (Phi) is 8.14. The van der Waals surface area contributed by atoms with Gasteiger partial charge in [0.25, 0.3) is 0 Å². The Morgan fingerprint density at radius 3 is 2.13 bits per heavy atom. The van der Waals surface area contributed by atoms with E-state index in [0.717, 1.165) is 5.56 Å². The lowest BCUT2D eigenvalue weighted by atomic mass is 10.2. The number of azo groups is 1. The quantitative estimate of drug-likeness (QED) is 0.138. The summed E-state index contributed by atoms with van der Waals surface area (Å²) in [5, 5.41) is 13.2. The smallest absolute Gasteiger partial charge is 0.201 e. The Morgan fingerprint density at radius 1 is 0.774 bits per heavy atom. The first kappa shape index (κ1) is 21.5. The van der Waals surface area contributed by atoms with Gasteiger partial charge in [0.05, 0.1) is 5.69 Å². The zero-order valence-corrected chi connectivity index (χ0v) is 17.1. The minimum absolute atomic E-state index is 0.384. The number of amidine groups is 1. The Hall–Kier alpha value is -4.19. The van der Waals surface area contributed by atoms with Gasteiger partial charge < -0.3 is 9.47 Å². The Bertz CT molecular complexity index is 1060. The average molecular weight is 412 g/mol. The first-order chi connectivity index (χ1) is 15.3. The molecule has 0 atom stereocenters. The summed E-state index contributed by atoms with van der Waals surface area (Å²) in [5.74, 6) is 1.70. The van der Waals surface area contributed by atoms with Crippen LogP contribution in [0.3, 0.4) is 0 Å². The molecule has 0 fully saturated rings. The number of nitrogens with zero attached hydrogens (tertiary/aromatic N) is 3. The van der Waals surface area contributed by atoms with Crippen molar-refractivity contribution in [1.29, 1.82) is 0 Å². The summed E-state index contributed by atoms with van der Waals surface area (Å²) in [6.07, 6.45) is 3.37. The first-order valence-electron chi connectivity index (χ1n) is 9.78. The summed E-state index contributed by atoms with van der Waals surface area (Å²) in [4.78, 5) is 0. The third kappa shape index (κ3) is 6.40. The van der Waals surface area contributed by atoms with Gasteiger partial charge in [-0.2, -0.15) is 5.10 Å². The Balaban J connectivity index is 1.90. The highest BCUT2D eigenvalue weighted by atomic mass is 16.5. The minimum atomic E-state index is 0.384. The van der Waals surface area contributed by atoms with Crippen LogP contribution in [0.5, 0.6) is 11.5 Å². The van der Waals surface area contributed by atoms with E-state index in [1.54, 1.807) is 12.2 Å². The molecule has 0 heterocycles. The SMILES string of the molecule is C=CCOc1ccccc1N=N/C(=N/Nc1ccccc1OCC=C)c1ccccc1. The molecular weight excluding hydrogens is 388 g/mol. The van der Waals surface area contributed by atoms with Gasteiger partial charge in [-0.3, -0.25) is 5.43 Å². The monoisotopic (exact) mass is 412 g/mol. The summed E-state index contributed by atoms with van der Waals surface area (Å²) >= 11 is 0. The molecule has 6 heteroatoms. The van der Waals surface area contributed by atoms with Gasteiger partial charge in [-0.25, -0.2) is 0 Å². The van der Waals surface area contributed by atoms with Crippen LogP contribution >= 0.6 is 0 Å². The van der Waals surface area contributed by atoms with E-state index in [2.05, 4.69) is 33.9 Å². The summed E-state index contributed by atoms with van der Waals surface area (Å²) in [6.45, 7) is 8.14. The lowest BCUT2D eigenvalue weighted by Gasteiger charge is -2.10. The van der Waals surface area contributed by atoms with Gasteiger partial charge in [-0.15, -0.1) is 10.2 Å². The van der Waals surface area contributed by atoms with Crippen molar-refractivity contribution in [3.8, 4) is 11.5 Å². The maximum absolute atomic E-state index is 5.68. The van der Waals surface area contributed by atoms with E-state index in [0.29, 0.717) is 41.9 Å². The summed E-state index contributed by atoms with van der Waals surface area (Å²) in [6, 6.07) is 24.6. The molecule has 31 heavy (non-hydrogen) atoms. The molecule has 0 unspecified atom stereocenters. The Labute approximate surface area is 182 Å². The predicted molar refractivity (Wildman–Crippen MR) is 125 cm³/mol. The van der Waals surface area contributed by atoms with Gasteiger partial charge in [-0.05, 0) is 24.3 Å². The molecule has 0 radical (unpaired) electrons. The third-order valence-corrected chi connectivity index (χ3v) is 4.03. The van der Waals surface area contributed by atoms with Crippen LogP contribution in [-0.4, -0.2) is 19.0 Å². The molecule has 0 aliphatic heterocycles. The van der Waals surface area contributed by atoms with Crippen molar-refractivity contribution in [2.45, 2.75) is 0 Å². The van der Waals surface area contributed by atoms with Gasteiger partial charge >= 0.3 is 0 Å². The predicted octanol–water partition coefficient (Wildman–Crippen LogP) is 6.37. The van der Waals surface area contributed by atoms with Crippen LogP contribution in [0.1, 0.15) is 5.56 Å². The van der Waals surface area contributed by atoms with Crippen LogP contribution < -0.4 is 14.9 Å². The molecule has 0 saturated heterocycles. The van der Waals surface area contributed by atoms with Crippen LogP contribution in [0.2, 0.25) is 0 Å². The molecule has 3 aromatic carbocycles. The third-order valence-electron chi connectivity index (χ3n) is 4.03. The normalized spacial score (nSPS) is 11.2. The maximum Gasteiger partial charge on any atom is 0.201 e. The van der Waals surface area contributed by atoms with Gasteiger partial charge in [0, 0.05) is 5.56 Å². The van der Waals surface area contributed by atoms with Crippen molar-refractivity contribution in [2.75, 3.05) is 18.6 Å². The molecule has 0 amide bonds. The van der Waals surface area contributed by atoms with Crippen molar-refractivity contribution < 1.29 is 9.47 Å². The second-order valence-corrected chi connectivity index (χ2v) is 6.28. The van der Waals surface area contributed by atoms with Crippen LogP contribution in [0.25, 0.3) is 0 Å². The van der Waals surface area contributed by atoms with E-state index in [4.69, 9.17) is 9.47 Å². The lowest BCUT2D eigenvalue weighted by Crippen LogP contribution is -2.03. The second-order valence-electron chi connectivity index (χ2n) is 6.28. The van der Waals surface area contributed by atoms with Crippen LogP contribution in [0, 0.1) is 0 Å². The molecule has 3 rings (SSSR count). The van der Waals surface area contributed by atoms with E-state index in [-0.39, 0.29) is 0 Å². The molecule has 0 saturated carbocycles. The molecule has 0 aromatic heterocycles. The van der Waals surface area contributed by atoms with Gasteiger partial charge in [0.15, 0.2) is 0 Å². The largest absolute Gasteiger partial charge is 0.487 e. The number of anilines is 1. The van der Waals surface area contributed by atoms with Crippen molar-refractivity contribution in [1.82, 2.24) is 0 Å². The van der Waals surface area contributed by atoms with Crippen LogP contribution in [0.15, 0.2) is 120 Å². The molecule has 156 valence electrons. The maximum atomic E-state index is 5.68. The summed E-state index contributed by atoms with van der Waals surface area (Å²) in [7, 11) is 0. The molecule has 0 aliphatic rings. The Morgan fingerprint density at radius 2 is 1.39 bits per heavy atom. The standard InChI is InChI=1S/C25H24N4O2/c1-3-18-30-23-16-10-8-14-21(23)26-28-25(20-12-6-5-7-13-20)29-27-22-15-9-11-17-24(22)31-19-4-2/h3-17,26H,1-2,18-19H2/b28-25+,29-27?. The van der Waals surface area contributed by atoms with Gasteiger partial charge in [-0.1, -0.05) is 79.9 Å². The highest BCUT2D eigenvalue weighted by Gasteiger charge is 2.07. The molecular formula is C25H24N4O2. The van der Waals surface area contributed by atoms with E-state index >= 15 is 0 Å². The van der Waals surface area contributed by atoms with E-state index in [1.807, 2.05) is 78.9 Å². The van der Waals surface area contributed by atoms with Gasteiger partial charge in [0.1, 0.15) is 30.4 Å². The van der Waals surface area contributed by atoms with Crippen molar-refractivity contribution in [3.63, 3.8) is 0 Å². The van der Waals surface area contributed by atoms with Gasteiger partial charge in [0.2, 0.25) is 5.84 Å². The highest BCUT2D eigenvalue weighted by molar-refractivity contribution is 5.99. The molecule has 0 bridgehead atoms. The molecule has 0 spiro atoms. The number of hydrogen-bond acceptors (Lipinski definition) is 5. The molecule has 0 aliphatic carbocycles. The van der Waals surface area contributed by atoms with E-state index < -0.39 is 0 Å². The number of hydrazone groups is 1.